The zero-order valence-electron chi connectivity index (χ0n) is 16.0. The number of aromatic nitrogens is 1. The fraction of sp³-hybridized carbons (Fsp3) is 0.400. The molecule has 0 radical (unpaired) electrons. The predicted octanol–water partition coefficient (Wildman–Crippen LogP) is 4.02. The molecule has 0 aliphatic carbocycles. The number of hydrogen-bond donors (Lipinski definition) is 0. The van der Waals surface area contributed by atoms with E-state index in [1.165, 1.54) is 18.3 Å². The number of amides is 1. The lowest BCUT2D eigenvalue weighted by Crippen LogP contribution is -2.30. The highest BCUT2D eigenvalue weighted by Crippen LogP contribution is 2.39. The Balaban J connectivity index is 1.77. The molecule has 29 heavy (non-hydrogen) atoms. The van der Waals surface area contributed by atoms with Gasteiger partial charge in [-0.3, -0.25) is 4.79 Å². The van der Waals surface area contributed by atoms with Crippen LogP contribution in [0.25, 0.3) is 0 Å². The first-order chi connectivity index (χ1) is 13.8. The number of nitrogens with zero attached hydrogens (tertiary/aromatic N) is 2. The summed E-state index contributed by atoms with van der Waals surface area (Å²) in [6.07, 6.45) is -1.62. The minimum absolute atomic E-state index is 0.176. The Hall–Kier alpha value is -2.97. The van der Waals surface area contributed by atoms with Gasteiger partial charge in [0, 0.05) is 30.4 Å². The maximum Gasteiger partial charge on any atom is 0.422 e. The van der Waals surface area contributed by atoms with E-state index in [9.17, 15) is 18.0 Å². The molecular formula is C20H21F3N2O4. The maximum atomic E-state index is 13.0. The number of pyridine rings is 1. The molecular weight excluding hydrogens is 389 g/mol. The lowest BCUT2D eigenvalue weighted by molar-refractivity contribution is -0.154. The number of carbonyl (C=O) groups is 1. The molecule has 2 heterocycles. The lowest BCUT2D eigenvalue weighted by atomic mass is 10.0. The third-order valence-electron chi connectivity index (χ3n) is 4.68. The van der Waals surface area contributed by atoms with Gasteiger partial charge in [-0.1, -0.05) is 0 Å². The number of hydrogen-bond acceptors (Lipinski definition) is 5. The molecule has 1 aliphatic heterocycles. The van der Waals surface area contributed by atoms with Crippen LogP contribution >= 0.6 is 0 Å². The van der Waals surface area contributed by atoms with Crippen molar-refractivity contribution in [2.24, 2.45) is 0 Å². The number of carbonyl (C=O) groups excluding carboxylic acids is 1. The minimum Gasteiger partial charge on any atom is -0.497 e. The minimum atomic E-state index is -4.45. The van der Waals surface area contributed by atoms with Crippen LogP contribution in [0.3, 0.4) is 0 Å². The standard InChI is InChI=1S/C20H21F3N2O4/c1-27-14-6-7-15(17(10-14)28-2)16-4-3-9-25(16)19(26)13-5-8-18(24-11-13)29-12-20(21,22)23/h5-8,10-11,16H,3-4,9,12H2,1-2H3/t16-/m0/s1. The van der Waals surface area contributed by atoms with Crippen molar-refractivity contribution in [2.75, 3.05) is 27.4 Å². The Bertz CT molecular complexity index is 856. The summed E-state index contributed by atoms with van der Waals surface area (Å²) in [5.74, 6) is 0.845. The first-order valence-corrected chi connectivity index (χ1v) is 9.01. The van der Waals surface area contributed by atoms with Crippen LogP contribution in [0.5, 0.6) is 17.4 Å². The van der Waals surface area contributed by atoms with Crippen molar-refractivity contribution in [3.63, 3.8) is 0 Å². The van der Waals surface area contributed by atoms with E-state index in [-0.39, 0.29) is 23.4 Å². The number of alkyl halides is 3. The number of halogens is 3. The molecule has 0 unspecified atom stereocenters. The van der Waals surface area contributed by atoms with Gasteiger partial charge in [0.05, 0.1) is 25.8 Å². The molecule has 9 heteroatoms. The molecule has 3 rings (SSSR count). The summed E-state index contributed by atoms with van der Waals surface area (Å²) in [6, 6.07) is 7.96. The molecule has 0 spiro atoms. The second-order valence-corrected chi connectivity index (χ2v) is 6.55. The zero-order valence-corrected chi connectivity index (χ0v) is 16.0. The molecule has 1 aromatic heterocycles. The Labute approximate surface area is 166 Å². The van der Waals surface area contributed by atoms with Gasteiger partial charge in [-0.05, 0) is 31.0 Å². The molecule has 1 aromatic carbocycles. The summed E-state index contributed by atoms with van der Waals surface area (Å²) in [6.45, 7) is -0.871. The Morgan fingerprint density at radius 1 is 1.21 bits per heavy atom. The lowest BCUT2D eigenvalue weighted by Gasteiger charge is -2.26. The molecule has 1 amide bonds. The van der Waals surface area contributed by atoms with E-state index >= 15 is 0 Å². The van der Waals surface area contributed by atoms with Crippen molar-refractivity contribution >= 4 is 5.91 Å². The van der Waals surface area contributed by atoms with E-state index in [2.05, 4.69) is 9.72 Å². The Morgan fingerprint density at radius 2 is 2.00 bits per heavy atom. The van der Waals surface area contributed by atoms with Gasteiger partial charge in [-0.15, -0.1) is 0 Å². The van der Waals surface area contributed by atoms with Gasteiger partial charge in [0.2, 0.25) is 5.88 Å². The molecule has 1 fully saturated rings. The van der Waals surface area contributed by atoms with E-state index in [0.29, 0.717) is 18.0 Å². The van der Waals surface area contributed by atoms with Crippen LogP contribution in [0.4, 0.5) is 13.2 Å². The van der Waals surface area contributed by atoms with Crippen LogP contribution < -0.4 is 14.2 Å². The SMILES string of the molecule is COc1ccc([C@@H]2CCCN2C(=O)c2ccc(OCC(F)(F)F)nc2)c(OC)c1. The number of likely N-dealkylation sites (tertiary alicyclic amines) is 1. The van der Waals surface area contributed by atoms with Crippen LogP contribution in [0.2, 0.25) is 0 Å². The summed E-state index contributed by atoms with van der Waals surface area (Å²) in [7, 11) is 3.12. The normalized spacial score (nSPS) is 16.6. The van der Waals surface area contributed by atoms with E-state index < -0.39 is 12.8 Å². The average molecular weight is 410 g/mol. The Morgan fingerprint density at radius 3 is 2.62 bits per heavy atom. The molecule has 1 aliphatic rings. The fourth-order valence-electron chi connectivity index (χ4n) is 3.34. The number of benzene rings is 1. The van der Waals surface area contributed by atoms with Crippen LogP contribution in [-0.4, -0.2) is 49.3 Å². The van der Waals surface area contributed by atoms with Crippen LogP contribution in [0.1, 0.15) is 34.8 Å². The fourth-order valence-corrected chi connectivity index (χ4v) is 3.34. The van der Waals surface area contributed by atoms with Gasteiger partial charge in [0.25, 0.3) is 5.91 Å². The summed E-state index contributed by atoms with van der Waals surface area (Å²) >= 11 is 0. The van der Waals surface area contributed by atoms with Crippen molar-refractivity contribution in [1.29, 1.82) is 0 Å². The van der Waals surface area contributed by atoms with Gasteiger partial charge in [0.15, 0.2) is 6.61 Å². The van der Waals surface area contributed by atoms with Gasteiger partial charge >= 0.3 is 6.18 Å². The van der Waals surface area contributed by atoms with Crippen LogP contribution in [-0.2, 0) is 0 Å². The third-order valence-corrected chi connectivity index (χ3v) is 4.68. The van der Waals surface area contributed by atoms with E-state index in [1.807, 2.05) is 12.1 Å². The summed E-state index contributed by atoms with van der Waals surface area (Å²) in [5.41, 5.74) is 1.15. The first-order valence-electron chi connectivity index (χ1n) is 9.01. The van der Waals surface area contributed by atoms with Gasteiger partial charge in [-0.2, -0.15) is 13.2 Å². The highest BCUT2D eigenvalue weighted by atomic mass is 19.4. The summed E-state index contributed by atoms with van der Waals surface area (Å²) < 4.78 is 52.0. The highest BCUT2D eigenvalue weighted by Gasteiger charge is 2.33. The molecule has 156 valence electrons. The zero-order chi connectivity index (χ0) is 21.0. The average Bonchev–Trinajstić information content (AvgIpc) is 3.20. The van der Waals surface area contributed by atoms with E-state index in [1.54, 1.807) is 25.2 Å². The van der Waals surface area contributed by atoms with Crippen molar-refractivity contribution in [1.82, 2.24) is 9.88 Å². The predicted molar refractivity (Wildman–Crippen MR) is 98.3 cm³/mol. The number of methoxy groups -OCH3 is 2. The molecule has 1 atom stereocenters. The second-order valence-electron chi connectivity index (χ2n) is 6.55. The van der Waals surface area contributed by atoms with Crippen molar-refractivity contribution < 1.29 is 32.2 Å². The number of ether oxygens (including phenoxy) is 3. The molecule has 2 aromatic rings. The largest absolute Gasteiger partial charge is 0.497 e. The topological polar surface area (TPSA) is 60.9 Å². The molecule has 1 saturated heterocycles. The molecule has 0 bridgehead atoms. The van der Waals surface area contributed by atoms with Gasteiger partial charge in [0.1, 0.15) is 11.5 Å². The van der Waals surface area contributed by atoms with Gasteiger partial charge in [-0.25, -0.2) is 4.98 Å². The Kier molecular flexibility index (Phi) is 6.14. The van der Waals surface area contributed by atoms with E-state index in [4.69, 9.17) is 9.47 Å². The second kappa shape index (κ2) is 8.59. The molecule has 6 nitrogen and oxygen atoms in total. The highest BCUT2D eigenvalue weighted by molar-refractivity contribution is 5.94. The first kappa shape index (κ1) is 20.8. The molecule has 0 N–H and O–H groups in total. The maximum absolute atomic E-state index is 13.0. The van der Waals surface area contributed by atoms with Crippen molar-refractivity contribution in [3.05, 3.63) is 47.7 Å². The van der Waals surface area contributed by atoms with Crippen molar-refractivity contribution in [2.45, 2.75) is 25.1 Å². The molecule has 0 saturated carbocycles. The number of rotatable bonds is 6. The smallest absolute Gasteiger partial charge is 0.422 e. The van der Waals surface area contributed by atoms with Crippen LogP contribution in [0, 0.1) is 0 Å². The summed E-state index contributed by atoms with van der Waals surface area (Å²) in [5, 5.41) is 0. The van der Waals surface area contributed by atoms with Gasteiger partial charge < -0.3 is 19.1 Å². The van der Waals surface area contributed by atoms with Crippen molar-refractivity contribution in [3.8, 4) is 17.4 Å². The monoisotopic (exact) mass is 410 g/mol. The quantitative estimate of drug-likeness (QED) is 0.720. The van der Waals surface area contributed by atoms with E-state index in [0.717, 1.165) is 18.4 Å². The summed E-state index contributed by atoms with van der Waals surface area (Å²) in [4.78, 5) is 18.5. The third kappa shape index (κ3) is 4.90. The van der Waals surface area contributed by atoms with Crippen LogP contribution in [0.15, 0.2) is 36.5 Å².